The molecule has 6 nitrogen and oxygen atoms in total. The van der Waals surface area contributed by atoms with Gasteiger partial charge in [0.2, 0.25) is 0 Å². The van der Waals surface area contributed by atoms with Crippen LogP contribution in [0.1, 0.15) is 40.0 Å². The molecule has 0 aromatic heterocycles. The molecule has 0 aromatic rings. The van der Waals surface area contributed by atoms with Crippen molar-refractivity contribution in [2.45, 2.75) is 51.2 Å². The molecule has 1 aliphatic carbocycles. The van der Waals surface area contributed by atoms with Crippen LogP contribution in [0.25, 0.3) is 0 Å². The molecule has 1 spiro atoms. The lowest BCUT2D eigenvalue weighted by molar-refractivity contribution is -0.0858. The van der Waals surface area contributed by atoms with Crippen molar-refractivity contribution in [2.24, 2.45) is 5.41 Å². The number of hydrogen-bond donors (Lipinski definition) is 0. The summed E-state index contributed by atoms with van der Waals surface area (Å²) >= 11 is 0. The molecule has 4 aliphatic rings. The Labute approximate surface area is 104 Å². The number of nitrogens with zero attached hydrogens (tertiary/aromatic N) is 3. The van der Waals surface area contributed by atoms with Gasteiger partial charge in [-0.2, -0.15) is 0 Å². The molecule has 0 radical (unpaired) electrons. The summed E-state index contributed by atoms with van der Waals surface area (Å²) < 4.78 is 0. The Kier molecular flexibility index (Phi) is 1.31. The van der Waals surface area contributed by atoms with E-state index < -0.39 is 29.3 Å². The molecule has 18 heavy (non-hydrogen) atoms. The highest BCUT2D eigenvalue weighted by Gasteiger charge is 2.87. The van der Waals surface area contributed by atoms with Crippen LogP contribution < -0.4 is 0 Å². The van der Waals surface area contributed by atoms with Crippen molar-refractivity contribution in [3.63, 3.8) is 0 Å². The number of urea groups is 3. The summed E-state index contributed by atoms with van der Waals surface area (Å²) in [5.41, 5.74) is -1.16. The Morgan fingerprint density at radius 1 is 0.833 bits per heavy atom. The fourth-order valence-corrected chi connectivity index (χ4v) is 4.56. The summed E-state index contributed by atoms with van der Waals surface area (Å²) in [6, 6.07) is -1.29. The van der Waals surface area contributed by atoms with Gasteiger partial charge in [0, 0.05) is 0 Å². The molecule has 1 saturated carbocycles. The molecular formula is C12H15N3O3. The predicted octanol–water partition coefficient (Wildman–Crippen LogP) is 1.96. The normalized spacial score (nSPS) is 38.2. The lowest BCUT2D eigenvalue weighted by Crippen LogP contribution is -2.81. The van der Waals surface area contributed by atoms with Crippen molar-refractivity contribution >= 4 is 18.1 Å². The van der Waals surface area contributed by atoms with Crippen LogP contribution >= 0.6 is 0 Å². The highest BCUT2D eigenvalue weighted by Crippen LogP contribution is 2.65. The number of carbonyl (C=O) groups is 3. The van der Waals surface area contributed by atoms with Gasteiger partial charge in [0.05, 0.1) is 5.54 Å². The summed E-state index contributed by atoms with van der Waals surface area (Å²) in [4.78, 5) is 40.1. The van der Waals surface area contributed by atoms with E-state index in [0.717, 1.165) is 12.8 Å². The third-order valence-electron chi connectivity index (χ3n) is 5.22. The van der Waals surface area contributed by atoms with Gasteiger partial charge in [-0.05, 0) is 31.6 Å². The van der Waals surface area contributed by atoms with Gasteiger partial charge in [0.15, 0.2) is 5.66 Å². The Morgan fingerprint density at radius 2 is 1.33 bits per heavy atom. The van der Waals surface area contributed by atoms with Crippen molar-refractivity contribution in [2.75, 3.05) is 0 Å². The zero-order valence-electron chi connectivity index (χ0n) is 10.7. The van der Waals surface area contributed by atoms with Crippen LogP contribution in [0.5, 0.6) is 0 Å². The minimum Gasteiger partial charge on any atom is -0.247 e. The van der Waals surface area contributed by atoms with Gasteiger partial charge in [-0.15, -0.1) is 0 Å². The fourth-order valence-electron chi connectivity index (χ4n) is 4.56. The molecule has 6 amide bonds. The SMILES string of the molecule is CC1(C)CCC23N4C(=O)N(C(=O)N2C4=O)C3(C)C1. The van der Waals surface area contributed by atoms with E-state index in [-0.39, 0.29) is 5.41 Å². The van der Waals surface area contributed by atoms with E-state index in [9.17, 15) is 14.4 Å². The van der Waals surface area contributed by atoms with E-state index in [1.165, 1.54) is 14.7 Å². The number of amides is 6. The summed E-state index contributed by atoms with van der Waals surface area (Å²) in [6.07, 6.45) is 2.35. The number of imide groups is 3. The van der Waals surface area contributed by atoms with Gasteiger partial charge in [-0.25, -0.2) is 29.1 Å². The lowest BCUT2D eigenvalue weighted by atomic mass is 9.62. The van der Waals surface area contributed by atoms with Crippen LogP contribution in [0, 0.1) is 5.41 Å². The number of hydrogen-bond acceptors (Lipinski definition) is 3. The third kappa shape index (κ3) is 0.665. The molecule has 1 unspecified atom stereocenters. The first-order chi connectivity index (χ1) is 8.26. The largest absolute Gasteiger partial charge is 0.340 e. The topological polar surface area (TPSA) is 60.9 Å². The van der Waals surface area contributed by atoms with E-state index in [4.69, 9.17) is 0 Å². The molecule has 3 heterocycles. The first-order valence-corrected chi connectivity index (χ1v) is 6.29. The third-order valence-corrected chi connectivity index (χ3v) is 5.22. The Morgan fingerprint density at radius 3 is 1.89 bits per heavy atom. The molecule has 1 atom stereocenters. The maximum atomic E-state index is 12.2. The van der Waals surface area contributed by atoms with Crippen LogP contribution in [-0.4, -0.2) is 44.0 Å². The molecule has 96 valence electrons. The second-order valence-corrected chi connectivity index (χ2v) is 6.79. The first-order valence-electron chi connectivity index (χ1n) is 6.29. The minimum absolute atomic E-state index is 0.0868. The smallest absolute Gasteiger partial charge is 0.247 e. The minimum atomic E-state index is -0.687. The van der Waals surface area contributed by atoms with E-state index in [1.807, 2.05) is 6.92 Å². The van der Waals surface area contributed by atoms with Gasteiger partial charge < -0.3 is 0 Å². The van der Waals surface area contributed by atoms with Crippen LogP contribution in [0.3, 0.4) is 0 Å². The average molecular weight is 249 g/mol. The number of rotatable bonds is 0. The van der Waals surface area contributed by atoms with Gasteiger partial charge in [0.1, 0.15) is 0 Å². The second kappa shape index (κ2) is 2.29. The molecule has 2 bridgehead atoms. The van der Waals surface area contributed by atoms with Gasteiger partial charge >= 0.3 is 18.1 Å². The van der Waals surface area contributed by atoms with Crippen molar-refractivity contribution in [1.82, 2.24) is 14.7 Å². The van der Waals surface area contributed by atoms with Crippen LogP contribution in [-0.2, 0) is 0 Å². The summed E-state index contributed by atoms with van der Waals surface area (Å²) in [5, 5.41) is 0. The van der Waals surface area contributed by atoms with E-state index in [1.54, 1.807) is 0 Å². The average Bonchev–Trinajstić information content (AvgIpc) is 2.46. The molecule has 3 aliphatic heterocycles. The predicted molar refractivity (Wildman–Crippen MR) is 60.5 cm³/mol. The summed E-state index contributed by atoms with van der Waals surface area (Å²) in [5.74, 6) is 0. The molecular weight excluding hydrogens is 234 g/mol. The number of carbonyl (C=O) groups excluding carboxylic acids is 3. The zero-order chi connectivity index (χ0) is 13.1. The Balaban J connectivity index is 1.94. The molecule has 4 rings (SSSR count). The zero-order valence-corrected chi connectivity index (χ0v) is 10.7. The molecule has 0 N–H and O–H groups in total. The summed E-state index contributed by atoms with van der Waals surface area (Å²) in [6.45, 7) is 6.24. The monoisotopic (exact) mass is 249 g/mol. The highest BCUT2D eigenvalue weighted by molar-refractivity contribution is 6.21. The van der Waals surface area contributed by atoms with E-state index >= 15 is 0 Å². The maximum absolute atomic E-state index is 12.2. The Bertz CT molecular complexity index is 515. The standard InChI is InChI=1S/C12H15N3O3/c1-10(2)4-5-12-11(3,6-10)13-7(16)14(12)9(18)15(12)8(13)17/h4-6H2,1-3H3. The van der Waals surface area contributed by atoms with Crippen molar-refractivity contribution in [1.29, 1.82) is 0 Å². The first kappa shape index (κ1) is 10.3. The Hall–Kier alpha value is -1.59. The summed E-state index contributed by atoms with van der Waals surface area (Å²) in [7, 11) is 0. The second-order valence-electron chi connectivity index (χ2n) is 6.79. The van der Waals surface area contributed by atoms with Crippen LogP contribution in [0.15, 0.2) is 0 Å². The molecule has 3 saturated heterocycles. The molecule has 0 aromatic carbocycles. The van der Waals surface area contributed by atoms with Gasteiger partial charge in [0.25, 0.3) is 0 Å². The lowest BCUT2D eigenvalue weighted by Gasteiger charge is -2.58. The highest BCUT2D eigenvalue weighted by atomic mass is 16.3. The fraction of sp³-hybridized carbons (Fsp3) is 0.750. The van der Waals surface area contributed by atoms with Gasteiger partial charge in [-0.3, -0.25) is 0 Å². The molecule has 6 heteroatoms. The van der Waals surface area contributed by atoms with Crippen molar-refractivity contribution in [3.8, 4) is 0 Å². The quantitative estimate of drug-likeness (QED) is 0.659. The van der Waals surface area contributed by atoms with Crippen molar-refractivity contribution < 1.29 is 14.4 Å². The maximum Gasteiger partial charge on any atom is 0.340 e. The van der Waals surface area contributed by atoms with E-state index in [2.05, 4.69) is 13.8 Å². The van der Waals surface area contributed by atoms with Crippen LogP contribution in [0.4, 0.5) is 14.4 Å². The van der Waals surface area contributed by atoms with Crippen LogP contribution in [0.2, 0.25) is 0 Å². The van der Waals surface area contributed by atoms with Crippen molar-refractivity contribution in [3.05, 3.63) is 0 Å². The molecule has 4 fully saturated rings. The van der Waals surface area contributed by atoms with E-state index in [0.29, 0.717) is 6.42 Å². The van der Waals surface area contributed by atoms with Gasteiger partial charge in [-0.1, -0.05) is 13.8 Å².